The predicted octanol–water partition coefficient (Wildman–Crippen LogP) is -11.8. The molecule has 0 saturated heterocycles. The summed E-state index contributed by atoms with van der Waals surface area (Å²) in [6, 6.07) is 0. The average molecular weight is 535 g/mol. The van der Waals surface area contributed by atoms with Gasteiger partial charge < -0.3 is 45.2 Å². The zero-order chi connectivity index (χ0) is 10.7. The maximum Gasteiger partial charge on any atom is 3.00 e. The summed E-state index contributed by atoms with van der Waals surface area (Å²) in [7, 11) is -8.75. The van der Waals surface area contributed by atoms with Crippen LogP contribution < -0.4 is 45.2 Å². The molecule has 0 unspecified atom stereocenters. The topological polar surface area (TPSA) is 208 Å². The molecule has 0 rings (SSSR count). The second-order valence-electron chi connectivity index (χ2n) is 0.866. The molecule has 0 aliphatic carbocycles. The van der Waals surface area contributed by atoms with Gasteiger partial charge in [-0.25, -0.2) is 0 Å². The molecule has 84 valence electrons. The molecule has 0 aliphatic heterocycles. The summed E-state index contributed by atoms with van der Waals surface area (Å²) in [4.78, 5) is 0. The van der Waals surface area contributed by atoms with Crippen LogP contribution in [0.25, 0.3) is 0 Å². The molecule has 15 heteroatoms. The Hall–Kier alpha value is 3.13. The second-order valence-corrected chi connectivity index (χ2v) is 0.866. The number of rotatable bonds is 0. The first kappa shape index (κ1) is 36.2. The van der Waals surface area contributed by atoms with E-state index < -0.39 is 22.0 Å². The van der Waals surface area contributed by atoms with Gasteiger partial charge in [0.15, 0.2) is 0 Å². The van der Waals surface area contributed by atoms with E-state index in [-0.39, 0.29) is 98.3 Å². The fourth-order valence-electron chi connectivity index (χ4n) is 0. The molecule has 0 aromatic heterocycles. The largest absolute Gasteiger partial charge is 3.00 e. The van der Waals surface area contributed by atoms with E-state index in [9.17, 15) is 0 Å². The van der Waals surface area contributed by atoms with Gasteiger partial charge in [-0.2, -0.15) is 0 Å². The molecule has 0 aliphatic rings. The summed E-state index contributed by atoms with van der Waals surface area (Å²) in [6.07, 6.45) is 0. The third-order valence-electron chi connectivity index (χ3n) is 0. The standard InChI is InChI=1S/3BO3.La.Lu.Sc/c3*2-1(3)4;;;/q3*-3;3*+3. The molecule has 0 atom stereocenters. The van der Waals surface area contributed by atoms with Crippen LogP contribution in [0.3, 0.4) is 0 Å². The van der Waals surface area contributed by atoms with Gasteiger partial charge in [-0.3, -0.25) is 22.0 Å². The summed E-state index contributed by atoms with van der Waals surface area (Å²) in [5, 5.41) is 75.8. The maximum atomic E-state index is 8.42. The van der Waals surface area contributed by atoms with Gasteiger partial charge in [0.05, 0.1) is 0 Å². The Morgan fingerprint density at radius 2 is 0.467 bits per heavy atom. The molecule has 0 heterocycles. The summed E-state index contributed by atoms with van der Waals surface area (Å²) in [5.74, 6) is 0. The quantitative estimate of drug-likeness (QED) is 0.269. The van der Waals surface area contributed by atoms with E-state index in [4.69, 9.17) is 45.2 Å². The Labute approximate surface area is 163 Å². The van der Waals surface area contributed by atoms with Gasteiger partial charge in [0.1, 0.15) is 0 Å². The smallest absolute Gasteiger partial charge is 0.907 e. The first-order valence-electron chi connectivity index (χ1n) is 2.12. The van der Waals surface area contributed by atoms with Gasteiger partial charge in [-0.15, -0.1) is 0 Å². The first-order valence-corrected chi connectivity index (χ1v) is 2.12. The van der Waals surface area contributed by atoms with Crippen molar-refractivity contribution in [3.8, 4) is 0 Å². The normalized spacial score (nSPS) is 5.40. The molecule has 15 heavy (non-hydrogen) atoms. The van der Waals surface area contributed by atoms with Crippen LogP contribution >= 0.6 is 0 Å². The van der Waals surface area contributed by atoms with Crippen LogP contribution in [0, 0.1) is 72.5 Å². The van der Waals surface area contributed by atoms with Crippen LogP contribution in [-0.2, 0) is 25.8 Å². The Morgan fingerprint density at radius 3 is 0.467 bits per heavy atom. The van der Waals surface area contributed by atoms with Crippen LogP contribution in [0.2, 0.25) is 0 Å². The molecule has 0 aromatic carbocycles. The molecule has 0 N–H and O–H groups in total. The van der Waals surface area contributed by atoms with Crippen molar-refractivity contribution in [2.75, 3.05) is 0 Å². The minimum absolute atomic E-state index is 0. The molecule has 0 saturated carbocycles. The molecule has 0 aromatic rings. The molecule has 9 nitrogen and oxygen atoms in total. The van der Waals surface area contributed by atoms with Crippen LogP contribution in [0.1, 0.15) is 0 Å². The SMILES string of the molecule is [La+3].[Lu+3].[O-]B([O-])[O-].[O-]B([O-])[O-].[O-]B([O-])[O-].[Sc+3]. The van der Waals surface area contributed by atoms with E-state index in [1.165, 1.54) is 0 Å². The van der Waals surface area contributed by atoms with Crippen molar-refractivity contribution in [3.63, 3.8) is 0 Å². The fourth-order valence-corrected chi connectivity index (χ4v) is 0. The van der Waals surface area contributed by atoms with Crippen molar-refractivity contribution in [2.24, 2.45) is 0 Å². The average Bonchev–Trinajstić information content (AvgIpc) is 1.54. The molecular weight excluding hydrogens is 535 g/mol. The molecular formula is B3LaLuO9Sc. The van der Waals surface area contributed by atoms with Crippen molar-refractivity contribution < 1.29 is 144 Å². The van der Waals surface area contributed by atoms with E-state index >= 15 is 0 Å². The van der Waals surface area contributed by atoms with E-state index in [1.807, 2.05) is 0 Å². The Kier molecular flexibility index (Phi) is 73.0. The van der Waals surface area contributed by atoms with Crippen LogP contribution in [-0.4, -0.2) is 22.0 Å². The van der Waals surface area contributed by atoms with Gasteiger partial charge in [-0.1, -0.05) is 0 Å². The molecule has 0 spiro atoms. The van der Waals surface area contributed by atoms with E-state index in [0.29, 0.717) is 0 Å². The summed E-state index contributed by atoms with van der Waals surface area (Å²) < 4.78 is 0. The maximum absolute atomic E-state index is 8.42. The number of hydrogen-bond acceptors (Lipinski definition) is 9. The summed E-state index contributed by atoms with van der Waals surface area (Å²) in [6.45, 7) is 0. The molecule has 0 amide bonds. The summed E-state index contributed by atoms with van der Waals surface area (Å²) in [5.41, 5.74) is 0. The summed E-state index contributed by atoms with van der Waals surface area (Å²) >= 11 is 0. The van der Waals surface area contributed by atoms with E-state index in [2.05, 4.69) is 0 Å². The number of hydrogen-bond donors (Lipinski definition) is 0. The van der Waals surface area contributed by atoms with Crippen LogP contribution in [0.4, 0.5) is 0 Å². The van der Waals surface area contributed by atoms with Gasteiger partial charge in [0, 0.05) is 0 Å². The molecule has 0 bridgehead atoms. The second kappa shape index (κ2) is 30.3. The third kappa shape index (κ3) is 400. The predicted molar refractivity (Wildman–Crippen MR) is 17.3 cm³/mol. The zero-order valence-corrected chi connectivity index (χ0v) is 13.9. The molecule has 0 fully saturated rings. The van der Waals surface area contributed by atoms with Crippen molar-refractivity contribution in [1.29, 1.82) is 0 Å². The van der Waals surface area contributed by atoms with Gasteiger partial charge in [-0.05, 0) is 0 Å². The van der Waals surface area contributed by atoms with Crippen molar-refractivity contribution in [2.45, 2.75) is 0 Å². The van der Waals surface area contributed by atoms with Crippen LogP contribution in [0.5, 0.6) is 0 Å². The van der Waals surface area contributed by atoms with Crippen molar-refractivity contribution in [3.05, 3.63) is 0 Å². The zero-order valence-electron chi connectivity index (χ0n) is 6.82. The monoisotopic (exact) mass is 536 g/mol. The van der Waals surface area contributed by atoms with E-state index in [0.717, 1.165) is 0 Å². The Morgan fingerprint density at radius 1 is 0.467 bits per heavy atom. The fraction of sp³-hybridized carbons (Fsp3) is 0. The van der Waals surface area contributed by atoms with Crippen molar-refractivity contribution in [1.82, 2.24) is 0 Å². The minimum Gasteiger partial charge on any atom is -0.907 e. The van der Waals surface area contributed by atoms with Gasteiger partial charge >= 0.3 is 98.3 Å². The van der Waals surface area contributed by atoms with Gasteiger partial charge in [0.25, 0.3) is 0 Å². The third-order valence-corrected chi connectivity index (χ3v) is 0. The van der Waals surface area contributed by atoms with Crippen molar-refractivity contribution >= 4 is 22.0 Å². The first-order chi connectivity index (χ1) is 5.20. The Bertz CT molecular complexity index is 53.8. The minimum atomic E-state index is -2.92. The Balaban J connectivity index is -0.0000000184. The van der Waals surface area contributed by atoms with Gasteiger partial charge in [0.2, 0.25) is 0 Å². The molecule has 0 radical (unpaired) electrons. The van der Waals surface area contributed by atoms with E-state index in [1.54, 1.807) is 0 Å². The van der Waals surface area contributed by atoms with Crippen LogP contribution in [0.15, 0.2) is 0 Å².